The molecule has 0 atom stereocenters. The van der Waals surface area contributed by atoms with Gasteiger partial charge in [-0.25, -0.2) is 4.98 Å². The second-order valence-electron chi connectivity index (χ2n) is 4.63. The first kappa shape index (κ1) is 12.1. The van der Waals surface area contributed by atoms with Gasteiger partial charge in [0.15, 0.2) is 0 Å². The van der Waals surface area contributed by atoms with Gasteiger partial charge in [-0.15, -0.1) is 0 Å². The number of likely N-dealkylation sites (N-methyl/N-ethyl adjacent to an activating group) is 1. The summed E-state index contributed by atoms with van der Waals surface area (Å²) in [6, 6.07) is 3.70. The number of aliphatic hydroxyl groups is 1. The number of aromatic nitrogens is 1. The molecule has 0 saturated carbocycles. The van der Waals surface area contributed by atoms with Crippen LogP contribution in [0.4, 0.5) is 11.5 Å². The number of pyridine rings is 1. The molecule has 1 aromatic heterocycles. The van der Waals surface area contributed by atoms with E-state index in [1.165, 1.54) is 0 Å². The summed E-state index contributed by atoms with van der Waals surface area (Å²) in [5, 5.41) is 10.4. The first-order chi connectivity index (χ1) is 8.09. The molecule has 5 nitrogen and oxygen atoms in total. The van der Waals surface area contributed by atoms with Crippen molar-refractivity contribution in [3.8, 4) is 0 Å². The van der Waals surface area contributed by atoms with Crippen LogP contribution in [0.25, 0.3) is 0 Å². The minimum absolute atomic E-state index is 0.494. The molecule has 3 N–H and O–H groups in total. The summed E-state index contributed by atoms with van der Waals surface area (Å²) < 4.78 is 5.26. The van der Waals surface area contributed by atoms with Gasteiger partial charge in [-0.3, -0.25) is 0 Å². The largest absolute Gasteiger partial charge is 0.388 e. The molecule has 0 unspecified atom stereocenters. The first-order valence-electron chi connectivity index (χ1n) is 5.82. The maximum Gasteiger partial charge on any atom is 0.125 e. The summed E-state index contributed by atoms with van der Waals surface area (Å²) in [5.41, 5.74) is 5.95. The molecule has 0 radical (unpaired) electrons. The number of hydrogen-bond acceptors (Lipinski definition) is 5. The average Bonchev–Trinajstić information content (AvgIpc) is 2.29. The Morgan fingerprint density at radius 1 is 1.53 bits per heavy atom. The Labute approximate surface area is 101 Å². The number of ether oxygens (including phenoxy) is 1. The number of rotatable bonds is 3. The van der Waals surface area contributed by atoms with Crippen LogP contribution in [0.15, 0.2) is 18.3 Å². The summed E-state index contributed by atoms with van der Waals surface area (Å²) in [6.07, 6.45) is 3.03. The molecular weight excluding hydrogens is 218 g/mol. The summed E-state index contributed by atoms with van der Waals surface area (Å²) in [7, 11) is 1.95. The second kappa shape index (κ2) is 4.89. The van der Waals surface area contributed by atoms with Crippen molar-refractivity contribution in [3.63, 3.8) is 0 Å². The van der Waals surface area contributed by atoms with E-state index < -0.39 is 5.60 Å². The van der Waals surface area contributed by atoms with Gasteiger partial charge in [0, 0.05) is 57.6 Å². The second-order valence-corrected chi connectivity index (χ2v) is 4.63. The van der Waals surface area contributed by atoms with Crippen molar-refractivity contribution < 1.29 is 9.84 Å². The lowest BCUT2D eigenvalue weighted by molar-refractivity contribution is -0.0572. The highest BCUT2D eigenvalue weighted by Gasteiger charge is 2.31. The van der Waals surface area contributed by atoms with Crippen molar-refractivity contribution >= 4 is 11.5 Å². The monoisotopic (exact) mass is 237 g/mol. The van der Waals surface area contributed by atoms with Crippen molar-refractivity contribution in [3.05, 3.63) is 18.3 Å². The lowest BCUT2D eigenvalue weighted by Crippen LogP contribution is -2.45. The molecule has 1 fully saturated rings. The van der Waals surface area contributed by atoms with Gasteiger partial charge in [0.05, 0.1) is 5.60 Å². The number of anilines is 2. The zero-order chi connectivity index (χ0) is 12.3. The van der Waals surface area contributed by atoms with Gasteiger partial charge in [-0.1, -0.05) is 0 Å². The zero-order valence-corrected chi connectivity index (χ0v) is 10.1. The fourth-order valence-electron chi connectivity index (χ4n) is 2.12. The van der Waals surface area contributed by atoms with Gasteiger partial charge in [0.25, 0.3) is 0 Å². The Hall–Kier alpha value is -1.33. The maximum atomic E-state index is 10.4. The Kier molecular flexibility index (Phi) is 3.49. The summed E-state index contributed by atoms with van der Waals surface area (Å²) in [4.78, 5) is 5.96. The number of hydrogen-bond donors (Lipinski definition) is 2. The molecule has 94 valence electrons. The van der Waals surface area contributed by atoms with E-state index in [4.69, 9.17) is 10.5 Å². The highest BCUT2D eigenvalue weighted by molar-refractivity contribution is 5.51. The van der Waals surface area contributed by atoms with Crippen molar-refractivity contribution in [2.24, 2.45) is 0 Å². The quantitative estimate of drug-likeness (QED) is 0.807. The minimum Gasteiger partial charge on any atom is -0.388 e. The van der Waals surface area contributed by atoms with E-state index in [0.717, 1.165) is 5.69 Å². The van der Waals surface area contributed by atoms with Crippen LogP contribution in [0.1, 0.15) is 12.8 Å². The first-order valence-corrected chi connectivity index (χ1v) is 5.82. The zero-order valence-electron chi connectivity index (χ0n) is 10.1. The van der Waals surface area contributed by atoms with Crippen LogP contribution < -0.4 is 10.6 Å². The molecule has 1 aliphatic rings. The topological polar surface area (TPSA) is 71.6 Å². The van der Waals surface area contributed by atoms with Crippen molar-refractivity contribution in [1.82, 2.24) is 4.98 Å². The Morgan fingerprint density at radius 2 is 2.24 bits per heavy atom. The molecule has 17 heavy (non-hydrogen) atoms. The van der Waals surface area contributed by atoms with Gasteiger partial charge in [-0.2, -0.15) is 0 Å². The number of nitrogen functional groups attached to an aromatic ring is 1. The molecule has 1 saturated heterocycles. The normalized spacial score (nSPS) is 18.9. The highest BCUT2D eigenvalue weighted by Crippen LogP contribution is 2.24. The molecule has 2 rings (SSSR count). The van der Waals surface area contributed by atoms with E-state index in [0.29, 0.717) is 38.4 Å². The van der Waals surface area contributed by atoms with E-state index in [1.807, 2.05) is 24.1 Å². The summed E-state index contributed by atoms with van der Waals surface area (Å²) in [6.45, 7) is 1.84. The molecule has 0 spiro atoms. The third kappa shape index (κ3) is 3.08. The fourth-order valence-corrected chi connectivity index (χ4v) is 2.12. The highest BCUT2D eigenvalue weighted by atomic mass is 16.5. The van der Waals surface area contributed by atoms with Crippen molar-refractivity contribution in [1.29, 1.82) is 0 Å². The van der Waals surface area contributed by atoms with Crippen LogP contribution in [0, 0.1) is 0 Å². The van der Waals surface area contributed by atoms with Crippen LogP contribution in [-0.4, -0.2) is 42.5 Å². The molecule has 0 aromatic carbocycles. The van der Waals surface area contributed by atoms with E-state index in [-0.39, 0.29) is 0 Å². The van der Waals surface area contributed by atoms with Crippen molar-refractivity contribution in [2.45, 2.75) is 18.4 Å². The lowest BCUT2D eigenvalue weighted by Gasteiger charge is -2.36. The lowest BCUT2D eigenvalue weighted by atomic mass is 9.94. The van der Waals surface area contributed by atoms with Crippen LogP contribution >= 0.6 is 0 Å². The van der Waals surface area contributed by atoms with Crippen molar-refractivity contribution in [2.75, 3.05) is 37.4 Å². The number of nitrogens with two attached hydrogens (primary N) is 1. The fraction of sp³-hybridized carbons (Fsp3) is 0.583. The molecule has 0 bridgehead atoms. The van der Waals surface area contributed by atoms with E-state index in [1.54, 1.807) is 6.20 Å². The molecular formula is C12H19N3O2. The van der Waals surface area contributed by atoms with E-state index in [2.05, 4.69) is 4.98 Å². The van der Waals surface area contributed by atoms with Crippen LogP contribution in [0.3, 0.4) is 0 Å². The van der Waals surface area contributed by atoms with E-state index in [9.17, 15) is 5.11 Å². The third-order valence-corrected chi connectivity index (χ3v) is 3.16. The Bertz CT molecular complexity index is 378. The average molecular weight is 237 g/mol. The Balaban J connectivity index is 2.03. The minimum atomic E-state index is -0.662. The standard InChI is InChI=1S/C12H19N3O2/c1-15(10-2-5-14-11(13)8-10)9-12(16)3-6-17-7-4-12/h2,5,8,16H,3-4,6-7,9H2,1H3,(H2,13,14). The van der Waals surface area contributed by atoms with Crippen LogP contribution in [-0.2, 0) is 4.74 Å². The predicted octanol–water partition coefficient (Wildman–Crippen LogP) is 0.641. The van der Waals surface area contributed by atoms with Gasteiger partial charge in [-0.05, 0) is 6.07 Å². The molecule has 2 heterocycles. The third-order valence-electron chi connectivity index (χ3n) is 3.16. The van der Waals surface area contributed by atoms with Gasteiger partial charge in [0.2, 0.25) is 0 Å². The Morgan fingerprint density at radius 3 is 2.88 bits per heavy atom. The van der Waals surface area contributed by atoms with Crippen LogP contribution in [0.5, 0.6) is 0 Å². The molecule has 1 aliphatic heterocycles. The van der Waals surface area contributed by atoms with Gasteiger partial charge in [0.1, 0.15) is 5.82 Å². The molecule has 0 aliphatic carbocycles. The number of nitrogens with zero attached hydrogens (tertiary/aromatic N) is 2. The molecule has 0 amide bonds. The van der Waals surface area contributed by atoms with Gasteiger partial charge >= 0.3 is 0 Å². The summed E-state index contributed by atoms with van der Waals surface area (Å²) in [5.74, 6) is 0.494. The van der Waals surface area contributed by atoms with Gasteiger partial charge < -0.3 is 20.5 Å². The van der Waals surface area contributed by atoms with E-state index >= 15 is 0 Å². The SMILES string of the molecule is CN(CC1(O)CCOCC1)c1ccnc(N)c1. The smallest absolute Gasteiger partial charge is 0.125 e. The molecule has 1 aromatic rings. The summed E-state index contributed by atoms with van der Waals surface area (Å²) >= 11 is 0. The predicted molar refractivity (Wildman–Crippen MR) is 66.9 cm³/mol. The molecule has 5 heteroatoms. The van der Waals surface area contributed by atoms with Crippen LogP contribution in [0.2, 0.25) is 0 Å². The maximum absolute atomic E-state index is 10.4.